The molecule has 1 aromatic carbocycles. The van der Waals surface area contributed by atoms with Gasteiger partial charge in [-0.05, 0) is 30.2 Å². The summed E-state index contributed by atoms with van der Waals surface area (Å²) in [6.07, 6.45) is 2.75. The Bertz CT molecular complexity index is 693. The molecule has 19 heavy (non-hydrogen) atoms. The van der Waals surface area contributed by atoms with E-state index in [1.165, 1.54) is 0 Å². The lowest BCUT2D eigenvalue weighted by Gasteiger charge is -2.07. The Morgan fingerprint density at radius 3 is 2.84 bits per heavy atom. The third-order valence-electron chi connectivity index (χ3n) is 3.22. The number of benzene rings is 1. The first-order valence-corrected chi connectivity index (χ1v) is 6.45. The Balaban J connectivity index is 2.20. The van der Waals surface area contributed by atoms with E-state index in [1.54, 1.807) is 0 Å². The molecule has 0 radical (unpaired) electrons. The molecule has 4 heteroatoms. The summed E-state index contributed by atoms with van der Waals surface area (Å²) in [5, 5.41) is 5.54. The fourth-order valence-electron chi connectivity index (χ4n) is 2.19. The van der Waals surface area contributed by atoms with Crippen molar-refractivity contribution in [2.24, 2.45) is 5.73 Å². The van der Waals surface area contributed by atoms with Gasteiger partial charge in [-0.1, -0.05) is 25.1 Å². The van der Waals surface area contributed by atoms with Crippen molar-refractivity contribution in [3.05, 3.63) is 53.9 Å². The molecule has 0 bridgehead atoms. The fourth-order valence-corrected chi connectivity index (χ4v) is 2.19. The van der Waals surface area contributed by atoms with E-state index in [1.807, 2.05) is 41.2 Å². The van der Waals surface area contributed by atoms with Gasteiger partial charge in [0.15, 0.2) is 5.82 Å². The van der Waals surface area contributed by atoms with E-state index in [4.69, 9.17) is 5.73 Å². The van der Waals surface area contributed by atoms with Crippen molar-refractivity contribution < 1.29 is 0 Å². The van der Waals surface area contributed by atoms with Gasteiger partial charge >= 0.3 is 0 Å². The van der Waals surface area contributed by atoms with Gasteiger partial charge in [0.2, 0.25) is 0 Å². The zero-order valence-electron chi connectivity index (χ0n) is 10.9. The average molecular weight is 252 g/mol. The van der Waals surface area contributed by atoms with E-state index >= 15 is 0 Å². The molecule has 2 aromatic heterocycles. The Morgan fingerprint density at radius 1 is 1.21 bits per heavy atom. The second-order valence-corrected chi connectivity index (χ2v) is 4.50. The molecule has 0 aliphatic carbocycles. The number of rotatable bonds is 3. The van der Waals surface area contributed by atoms with Crippen LogP contribution in [0.5, 0.6) is 0 Å². The van der Waals surface area contributed by atoms with Crippen LogP contribution in [0.4, 0.5) is 0 Å². The van der Waals surface area contributed by atoms with Gasteiger partial charge in [0.25, 0.3) is 0 Å². The number of aryl methyl sites for hydroxylation is 1. The number of aromatic nitrogens is 3. The molecule has 4 nitrogen and oxygen atoms in total. The quantitative estimate of drug-likeness (QED) is 0.779. The van der Waals surface area contributed by atoms with Gasteiger partial charge in [-0.25, -0.2) is 9.67 Å². The Labute approximate surface area is 111 Å². The number of para-hydroxylation sites is 1. The molecule has 0 saturated carbocycles. The lowest BCUT2D eigenvalue weighted by molar-refractivity contribution is 0.848. The monoisotopic (exact) mass is 252 g/mol. The summed E-state index contributed by atoms with van der Waals surface area (Å²) in [6.45, 7) is 2.61. The molecule has 3 aromatic rings. The topological polar surface area (TPSA) is 56.7 Å². The van der Waals surface area contributed by atoms with Crippen LogP contribution in [0.25, 0.3) is 16.7 Å². The van der Waals surface area contributed by atoms with Crippen LogP contribution in [0.15, 0.2) is 42.6 Å². The van der Waals surface area contributed by atoms with Crippen molar-refractivity contribution >= 4 is 10.9 Å². The highest BCUT2D eigenvalue weighted by Gasteiger charge is 2.07. The summed E-state index contributed by atoms with van der Waals surface area (Å²) < 4.78 is 1.87. The molecule has 0 unspecified atom stereocenters. The summed E-state index contributed by atoms with van der Waals surface area (Å²) >= 11 is 0. The van der Waals surface area contributed by atoms with Gasteiger partial charge in [-0.15, -0.1) is 0 Å². The SMILES string of the molecule is CCc1cc(CN)cc(-n2ncc3ccccc32)n1. The number of pyridine rings is 1. The first kappa shape index (κ1) is 11.9. The number of fused-ring (bicyclic) bond motifs is 1. The summed E-state index contributed by atoms with van der Waals surface area (Å²) in [4.78, 5) is 4.64. The highest BCUT2D eigenvalue weighted by Crippen LogP contribution is 2.18. The zero-order chi connectivity index (χ0) is 13.2. The number of hydrogen-bond acceptors (Lipinski definition) is 3. The lowest BCUT2D eigenvalue weighted by atomic mass is 10.2. The van der Waals surface area contributed by atoms with Crippen LogP contribution < -0.4 is 5.73 Å². The van der Waals surface area contributed by atoms with Gasteiger partial charge in [-0.2, -0.15) is 5.10 Å². The van der Waals surface area contributed by atoms with Crippen molar-refractivity contribution in [3.63, 3.8) is 0 Å². The van der Waals surface area contributed by atoms with Gasteiger partial charge in [0.05, 0.1) is 11.7 Å². The smallest absolute Gasteiger partial charge is 0.154 e. The molecule has 0 saturated heterocycles. The number of nitrogens with two attached hydrogens (primary N) is 1. The summed E-state index contributed by atoms with van der Waals surface area (Å²) in [5.74, 6) is 0.834. The van der Waals surface area contributed by atoms with E-state index < -0.39 is 0 Å². The van der Waals surface area contributed by atoms with E-state index in [2.05, 4.69) is 23.1 Å². The van der Waals surface area contributed by atoms with E-state index in [9.17, 15) is 0 Å². The maximum absolute atomic E-state index is 5.75. The molecular weight excluding hydrogens is 236 g/mol. The molecule has 0 atom stereocenters. The van der Waals surface area contributed by atoms with Gasteiger partial charge in [0, 0.05) is 17.6 Å². The molecule has 2 heterocycles. The van der Waals surface area contributed by atoms with E-state index in [0.29, 0.717) is 6.54 Å². The summed E-state index contributed by atoms with van der Waals surface area (Å²) in [5.41, 5.74) is 8.94. The van der Waals surface area contributed by atoms with Crippen molar-refractivity contribution in [1.82, 2.24) is 14.8 Å². The Hall–Kier alpha value is -2.20. The van der Waals surface area contributed by atoms with Crippen molar-refractivity contribution in [1.29, 1.82) is 0 Å². The molecule has 0 fully saturated rings. The fraction of sp³-hybridized carbons (Fsp3) is 0.200. The van der Waals surface area contributed by atoms with Gasteiger partial charge in [0.1, 0.15) is 0 Å². The third kappa shape index (κ3) is 2.11. The average Bonchev–Trinajstić information content (AvgIpc) is 2.90. The number of hydrogen-bond donors (Lipinski definition) is 1. The normalized spacial score (nSPS) is 11.1. The minimum atomic E-state index is 0.516. The molecule has 3 rings (SSSR count). The molecule has 2 N–H and O–H groups in total. The molecule has 0 aliphatic rings. The highest BCUT2D eigenvalue weighted by atomic mass is 15.3. The largest absolute Gasteiger partial charge is 0.326 e. The zero-order valence-corrected chi connectivity index (χ0v) is 10.9. The Kier molecular flexibility index (Phi) is 3.01. The van der Waals surface area contributed by atoms with Crippen LogP contribution in [0.1, 0.15) is 18.2 Å². The molecule has 0 spiro atoms. The first-order valence-electron chi connectivity index (χ1n) is 6.45. The molecule has 96 valence electrons. The van der Waals surface area contributed by atoms with Crippen molar-refractivity contribution in [3.8, 4) is 5.82 Å². The first-order chi connectivity index (χ1) is 9.31. The molecule has 0 amide bonds. The number of nitrogens with zero attached hydrogens (tertiary/aromatic N) is 3. The maximum Gasteiger partial charge on any atom is 0.154 e. The van der Waals surface area contributed by atoms with Gasteiger partial charge < -0.3 is 5.73 Å². The molecular formula is C15H16N4. The maximum atomic E-state index is 5.75. The van der Waals surface area contributed by atoms with Crippen LogP contribution in [0.2, 0.25) is 0 Å². The van der Waals surface area contributed by atoms with Crippen LogP contribution in [0, 0.1) is 0 Å². The minimum Gasteiger partial charge on any atom is -0.326 e. The third-order valence-corrected chi connectivity index (χ3v) is 3.22. The lowest BCUT2D eigenvalue weighted by Crippen LogP contribution is -2.05. The van der Waals surface area contributed by atoms with Crippen LogP contribution >= 0.6 is 0 Å². The van der Waals surface area contributed by atoms with Crippen LogP contribution in [-0.2, 0) is 13.0 Å². The summed E-state index contributed by atoms with van der Waals surface area (Å²) in [7, 11) is 0. The van der Waals surface area contributed by atoms with Crippen LogP contribution in [-0.4, -0.2) is 14.8 Å². The summed E-state index contributed by atoms with van der Waals surface area (Å²) in [6, 6.07) is 12.2. The predicted molar refractivity (Wildman–Crippen MR) is 76.1 cm³/mol. The van der Waals surface area contributed by atoms with Gasteiger partial charge in [-0.3, -0.25) is 0 Å². The van der Waals surface area contributed by atoms with Crippen LogP contribution in [0.3, 0.4) is 0 Å². The van der Waals surface area contributed by atoms with Crippen molar-refractivity contribution in [2.45, 2.75) is 19.9 Å². The Morgan fingerprint density at radius 2 is 2.05 bits per heavy atom. The highest BCUT2D eigenvalue weighted by molar-refractivity contribution is 5.79. The van der Waals surface area contributed by atoms with E-state index in [0.717, 1.165) is 34.4 Å². The second-order valence-electron chi connectivity index (χ2n) is 4.50. The van der Waals surface area contributed by atoms with E-state index in [-0.39, 0.29) is 0 Å². The van der Waals surface area contributed by atoms with Crippen molar-refractivity contribution in [2.75, 3.05) is 0 Å². The standard InChI is InChI=1S/C15H16N4/c1-2-13-7-11(9-16)8-15(18-13)19-14-6-4-3-5-12(14)10-17-19/h3-8,10H,2,9,16H2,1H3. The predicted octanol–water partition coefficient (Wildman–Crippen LogP) is 2.44. The minimum absolute atomic E-state index is 0.516. The molecule has 0 aliphatic heterocycles. The second kappa shape index (κ2) is 4.82.